The summed E-state index contributed by atoms with van der Waals surface area (Å²) in [6.07, 6.45) is 2.21. The van der Waals surface area contributed by atoms with Crippen LogP contribution in [0.3, 0.4) is 0 Å². The second kappa shape index (κ2) is 4.08. The zero-order chi connectivity index (χ0) is 11.6. The van der Waals surface area contributed by atoms with Gasteiger partial charge in [-0.05, 0) is 19.8 Å². The summed E-state index contributed by atoms with van der Waals surface area (Å²) in [5.74, 6) is -0.830. The predicted molar refractivity (Wildman–Crippen MR) is 55.6 cm³/mol. The molecule has 0 bridgehead atoms. The summed E-state index contributed by atoms with van der Waals surface area (Å²) in [7, 11) is 3.28. The van der Waals surface area contributed by atoms with Gasteiger partial charge in [-0.15, -0.1) is 0 Å². The van der Waals surface area contributed by atoms with Crippen LogP contribution in [0.15, 0.2) is 0 Å². The lowest BCUT2D eigenvalue weighted by Gasteiger charge is -2.28. The Bertz CT molecular complexity index is 278. The van der Waals surface area contributed by atoms with Gasteiger partial charge in [0.25, 0.3) is 0 Å². The molecule has 0 aromatic carbocycles. The lowest BCUT2D eigenvalue weighted by atomic mass is 9.85. The molecule has 0 heterocycles. The standard InChI is InChI=1S/C10H18N2O3/c1-10(8(13)14)6-4-5-7(10)11-9(15)12(2)3/h7H,4-6H2,1-3H3,(H,11,15)(H,13,14). The van der Waals surface area contributed by atoms with Gasteiger partial charge in [-0.3, -0.25) is 4.79 Å². The molecule has 86 valence electrons. The molecule has 0 aromatic rings. The zero-order valence-electron chi connectivity index (χ0n) is 9.41. The molecule has 1 rings (SSSR count). The van der Waals surface area contributed by atoms with Crippen LogP contribution in [0.4, 0.5) is 4.79 Å². The Morgan fingerprint density at radius 1 is 1.47 bits per heavy atom. The number of carboxylic acid groups (broad SMARTS) is 1. The predicted octanol–water partition coefficient (Wildman–Crippen LogP) is 0.901. The van der Waals surface area contributed by atoms with Crippen LogP contribution >= 0.6 is 0 Å². The lowest BCUT2D eigenvalue weighted by molar-refractivity contribution is -0.148. The van der Waals surface area contributed by atoms with E-state index in [1.54, 1.807) is 21.0 Å². The van der Waals surface area contributed by atoms with Crippen molar-refractivity contribution in [2.24, 2.45) is 5.41 Å². The summed E-state index contributed by atoms with van der Waals surface area (Å²) < 4.78 is 0. The molecule has 2 atom stereocenters. The van der Waals surface area contributed by atoms with Crippen LogP contribution in [-0.2, 0) is 4.79 Å². The molecule has 2 unspecified atom stereocenters. The topological polar surface area (TPSA) is 69.6 Å². The van der Waals surface area contributed by atoms with Gasteiger partial charge in [-0.1, -0.05) is 6.42 Å². The second-order valence-electron chi connectivity index (χ2n) is 4.51. The molecule has 0 spiro atoms. The second-order valence-corrected chi connectivity index (χ2v) is 4.51. The summed E-state index contributed by atoms with van der Waals surface area (Å²) in [6, 6.07) is -0.487. The molecule has 0 aliphatic heterocycles. The Morgan fingerprint density at radius 2 is 2.07 bits per heavy atom. The zero-order valence-corrected chi connectivity index (χ0v) is 9.41. The third kappa shape index (κ3) is 2.22. The Labute approximate surface area is 89.4 Å². The first-order valence-electron chi connectivity index (χ1n) is 5.09. The SMILES string of the molecule is CN(C)C(=O)NC1CCCC1(C)C(=O)O. The quantitative estimate of drug-likeness (QED) is 0.717. The summed E-state index contributed by atoms with van der Waals surface area (Å²) in [5, 5.41) is 11.9. The highest BCUT2D eigenvalue weighted by Gasteiger charge is 2.45. The number of carboxylic acids is 1. The molecule has 1 aliphatic carbocycles. The molecule has 0 radical (unpaired) electrons. The van der Waals surface area contributed by atoms with Crippen LogP contribution in [0, 0.1) is 5.41 Å². The molecule has 0 aromatic heterocycles. The van der Waals surface area contributed by atoms with Crippen molar-refractivity contribution >= 4 is 12.0 Å². The third-order valence-electron chi connectivity index (χ3n) is 3.15. The van der Waals surface area contributed by atoms with Gasteiger partial charge < -0.3 is 15.3 Å². The van der Waals surface area contributed by atoms with Crippen molar-refractivity contribution < 1.29 is 14.7 Å². The third-order valence-corrected chi connectivity index (χ3v) is 3.15. The first-order valence-corrected chi connectivity index (χ1v) is 5.09. The van der Waals surface area contributed by atoms with E-state index in [0.717, 1.165) is 12.8 Å². The maximum atomic E-state index is 11.4. The fourth-order valence-electron chi connectivity index (χ4n) is 1.93. The maximum Gasteiger partial charge on any atom is 0.317 e. The smallest absolute Gasteiger partial charge is 0.317 e. The molecule has 5 heteroatoms. The van der Waals surface area contributed by atoms with E-state index in [1.807, 2.05) is 0 Å². The highest BCUT2D eigenvalue weighted by atomic mass is 16.4. The largest absolute Gasteiger partial charge is 0.481 e. The molecule has 2 N–H and O–H groups in total. The first kappa shape index (κ1) is 11.8. The van der Waals surface area contributed by atoms with Gasteiger partial charge >= 0.3 is 12.0 Å². The summed E-state index contributed by atoms with van der Waals surface area (Å²) in [6.45, 7) is 1.70. The number of nitrogens with one attached hydrogen (secondary N) is 1. The van der Waals surface area contributed by atoms with Gasteiger partial charge in [0.15, 0.2) is 0 Å². The number of urea groups is 1. The van der Waals surface area contributed by atoms with E-state index in [0.29, 0.717) is 6.42 Å². The van der Waals surface area contributed by atoms with Crippen LogP contribution in [0.1, 0.15) is 26.2 Å². The molecule has 5 nitrogen and oxygen atoms in total. The normalized spacial score (nSPS) is 29.9. The van der Waals surface area contributed by atoms with Gasteiger partial charge in [0, 0.05) is 20.1 Å². The fourth-order valence-corrected chi connectivity index (χ4v) is 1.93. The van der Waals surface area contributed by atoms with Crippen LogP contribution < -0.4 is 5.32 Å². The molecule has 15 heavy (non-hydrogen) atoms. The monoisotopic (exact) mass is 214 g/mol. The van der Waals surface area contributed by atoms with Gasteiger partial charge in [0.2, 0.25) is 0 Å². The number of nitrogens with zero attached hydrogens (tertiary/aromatic N) is 1. The van der Waals surface area contributed by atoms with E-state index >= 15 is 0 Å². The van der Waals surface area contributed by atoms with Gasteiger partial charge in [-0.2, -0.15) is 0 Å². The van der Waals surface area contributed by atoms with Crippen LogP contribution in [0.25, 0.3) is 0 Å². The maximum absolute atomic E-state index is 11.4. The Hall–Kier alpha value is -1.26. The average molecular weight is 214 g/mol. The van der Waals surface area contributed by atoms with E-state index < -0.39 is 11.4 Å². The highest BCUT2D eigenvalue weighted by molar-refractivity contribution is 5.79. The van der Waals surface area contributed by atoms with E-state index in [-0.39, 0.29) is 12.1 Å². The number of hydrogen-bond acceptors (Lipinski definition) is 2. The molecule has 1 aliphatic rings. The minimum Gasteiger partial charge on any atom is -0.481 e. The van der Waals surface area contributed by atoms with E-state index in [1.165, 1.54) is 4.90 Å². The summed E-state index contributed by atoms with van der Waals surface area (Å²) in [5.41, 5.74) is -0.814. The summed E-state index contributed by atoms with van der Waals surface area (Å²) in [4.78, 5) is 24.0. The minimum absolute atomic E-state index is 0.227. The summed E-state index contributed by atoms with van der Waals surface area (Å²) >= 11 is 0. The van der Waals surface area contributed by atoms with Crippen molar-refractivity contribution in [3.63, 3.8) is 0 Å². The Kier molecular flexibility index (Phi) is 3.21. The molecular weight excluding hydrogens is 196 g/mol. The molecule has 0 saturated heterocycles. The van der Waals surface area contributed by atoms with E-state index in [4.69, 9.17) is 5.11 Å². The number of carbonyl (C=O) groups is 2. The highest BCUT2D eigenvalue weighted by Crippen LogP contribution is 2.38. The fraction of sp³-hybridized carbons (Fsp3) is 0.800. The molecule has 2 amide bonds. The number of amides is 2. The van der Waals surface area contributed by atoms with Crippen LogP contribution in [0.5, 0.6) is 0 Å². The minimum atomic E-state index is -0.830. The lowest BCUT2D eigenvalue weighted by Crippen LogP contribution is -2.49. The first-order chi connectivity index (χ1) is 6.88. The average Bonchev–Trinajstić information content (AvgIpc) is 2.49. The van der Waals surface area contributed by atoms with Gasteiger partial charge in [0.1, 0.15) is 0 Å². The van der Waals surface area contributed by atoms with Crippen molar-refractivity contribution in [2.45, 2.75) is 32.2 Å². The van der Waals surface area contributed by atoms with Crippen molar-refractivity contribution in [1.82, 2.24) is 10.2 Å². The van der Waals surface area contributed by atoms with Crippen molar-refractivity contribution in [1.29, 1.82) is 0 Å². The molecule has 1 fully saturated rings. The molecular formula is C10H18N2O3. The van der Waals surface area contributed by atoms with Gasteiger partial charge in [-0.25, -0.2) is 4.79 Å². The van der Waals surface area contributed by atoms with Gasteiger partial charge in [0.05, 0.1) is 5.41 Å². The number of aliphatic carboxylic acids is 1. The number of hydrogen-bond donors (Lipinski definition) is 2. The number of rotatable bonds is 2. The molecule has 1 saturated carbocycles. The Balaban J connectivity index is 2.70. The van der Waals surface area contributed by atoms with Crippen molar-refractivity contribution in [3.05, 3.63) is 0 Å². The number of carbonyl (C=O) groups excluding carboxylic acids is 1. The van der Waals surface area contributed by atoms with Crippen molar-refractivity contribution in [2.75, 3.05) is 14.1 Å². The van der Waals surface area contributed by atoms with Crippen molar-refractivity contribution in [3.8, 4) is 0 Å². The van der Waals surface area contributed by atoms with E-state index in [9.17, 15) is 9.59 Å². The van der Waals surface area contributed by atoms with Crippen LogP contribution in [0.2, 0.25) is 0 Å². The van der Waals surface area contributed by atoms with E-state index in [2.05, 4.69) is 5.32 Å². The Morgan fingerprint density at radius 3 is 2.53 bits per heavy atom. The van der Waals surface area contributed by atoms with Crippen LogP contribution in [-0.4, -0.2) is 42.1 Å².